The molecule has 0 bridgehead atoms. The molecule has 7 nitrogen and oxygen atoms in total. The fraction of sp³-hybridized carbons (Fsp3) is 0.300. The van der Waals surface area contributed by atoms with Crippen LogP contribution < -0.4 is 10.6 Å². The van der Waals surface area contributed by atoms with Crippen LogP contribution in [0.5, 0.6) is 0 Å². The summed E-state index contributed by atoms with van der Waals surface area (Å²) < 4.78 is 1.97. The van der Waals surface area contributed by atoms with Gasteiger partial charge in [-0.25, -0.2) is 4.99 Å². The summed E-state index contributed by atoms with van der Waals surface area (Å²) in [5.74, 6) is 2.50. The molecule has 3 rings (SSSR count). The summed E-state index contributed by atoms with van der Waals surface area (Å²) in [6, 6.07) is 16.1. The Bertz CT molecular complexity index is 857. The highest BCUT2D eigenvalue weighted by Gasteiger charge is 2.06. The summed E-state index contributed by atoms with van der Waals surface area (Å²) >= 11 is 0. The average Bonchev–Trinajstić information content (AvgIpc) is 3.03. The lowest BCUT2D eigenvalue weighted by Crippen LogP contribution is -2.38. The number of hydrogen-bond acceptors (Lipinski definition) is 4. The summed E-state index contributed by atoms with van der Waals surface area (Å²) in [6.45, 7) is 3.85. The minimum atomic E-state index is 0.557. The average molecular weight is 363 g/mol. The standard InChI is InChI=1S/C20H25N7/c1-16-25-26-19(27(16)2)15-24-20(23-14-17-8-4-3-5-9-17)22-13-11-18-10-6-7-12-21-18/h3-10,12H,11,13-15H2,1-2H3,(H2,22,23,24). The highest BCUT2D eigenvalue weighted by atomic mass is 15.3. The van der Waals surface area contributed by atoms with Crippen LogP contribution in [0.2, 0.25) is 0 Å². The number of hydrogen-bond donors (Lipinski definition) is 2. The zero-order valence-electron chi connectivity index (χ0n) is 15.8. The lowest BCUT2D eigenvalue weighted by Gasteiger charge is -2.12. The Morgan fingerprint density at radius 1 is 1.04 bits per heavy atom. The van der Waals surface area contributed by atoms with Gasteiger partial charge in [-0.05, 0) is 24.6 Å². The van der Waals surface area contributed by atoms with Crippen molar-refractivity contribution in [1.29, 1.82) is 0 Å². The highest BCUT2D eigenvalue weighted by molar-refractivity contribution is 5.79. The van der Waals surface area contributed by atoms with Crippen LogP contribution in [0.4, 0.5) is 0 Å². The molecule has 27 heavy (non-hydrogen) atoms. The molecule has 0 aliphatic carbocycles. The molecule has 0 fully saturated rings. The predicted molar refractivity (Wildman–Crippen MR) is 106 cm³/mol. The molecule has 0 radical (unpaired) electrons. The zero-order valence-corrected chi connectivity index (χ0v) is 15.8. The van der Waals surface area contributed by atoms with E-state index >= 15 is 0 Å². The van der Waals surface area contributed by atoms with Gasteiger partial charge < -0.3 is 15.2 Å². The molecule has 0 spiro atoms. The van der Waals surface area contributed by atoms with Gasteiger partial charge in [-0.1, -0.05) is 36.4 Å². The van der Waals surface area contributed by atoms with Crippen molar-refractivity contribution >= 4 is 5.96 Å². The zero-order chi connectivity index (χ0) is 18.9. The van der Waals surface area contributed by atoms with Gasteiger partial charge in [0.1, 0.15) is 5.82 Å². The Morgan fingerprint density at radius 3 is 2.56 bits per heavy atom. The summed E-state index contributed by atoms with van der Waals surface area (Å²) in [6.07, 6.45) is 2.64. The molecule has 0 unspecified atom stereocenters. The Kier molecular flexibility index (Phi) is 6.51. The molecule has 3 aromatic rings. The van der Waals surface area contributed by atoms with E-state index in [1.165, 1.54) is 0 Å². The van der Waals surface area contributed by atoms with Crippen molar-refractivity contribution in [2.45, 2.75) is 26.4 Å². The molecule has 0 saturated carbocycles. The van der Waals surface area contributed by atoms with Crippen LogP contribution in [-0.2, 0) is 26.6 Å². The smallest absolute Gasteiger partial charge is 0.191 e. The van der Waals surface area contributed by atoms with E-state index < -0.39 is 0 Å². The monoisotopic (exact) mass is 363 g/mol. The van der Waals surface area contributed by atoms with Crippen molar-refractivity contribution in [3.63, 3.8) is 0 Å². The molecule has 2 aromatic heterocycles. The lowest BCUT2D eigenvalue weighted by molar-refractivity contribution is 0.711. The van der Waals surface area contributed by atoms with Gasteiger partial charge in [0.05, 0.1) is 13.1 Å². The Balaban J connectivity index is 1.61. The SMILES string of the molecule is Cc1nnc(CNC(=NCc2ccccc2)NCCc2ccccn2)n1C. The largest absolute Gasteiger partial charge is 0.356 e. The van der Waals surface area contributed by atoms with Crippen molar-refractivity contribution in [1.82, 2.24) is 30.4 Å². The number of nitrogens with zero attached hydrogens (tertiary/aromatic N) is 5. The van der Waals surface area contributed by atoms with Crippen LogP contribution in [0, 0.1) is 6.92 Å². The molecule has 2 heterocycles. The van der Waals surface area contributed by atoms with Crippen molar-refractivity contribution in [3.8, 4) is 0 Å². The first kappa shape index (κ1) is 18.6. The summed E-state index contributed by atoms with van der Waals surface area (Å²) in [7, 11) is 1.96. The van der Waals surface area contributed by atoms with Crippen LogP contribution >= 0.6 is 0 Å². The third-order valence-corrected chi connectivity index (χ3v) is 4.26. The Morgan fingerprint density at radius 2 is 1.85 bits per heavy atom. The van der Waals surface area contributed by atoms with Gasteiger partial charge in [0.25, 0.3) is 0 Å². The van der Waals surface area contributed by atoms with Gasteiger partial charge in [0.2, 0.25) is 0 Å². The van der Waals surface area contributed by atoms with E-state index in [4.69, 9.17) is 4.99 Å². The number of pyridine rings is 1. The normalized spacial score (nSPS) is 11.4. The second-order valence-corrected chi connectivity index (χ2v) is 6.22. The molecule has 0 amide bonds. The fourth-order valence-corrected chi connectivity index (χ4v) is 2.55. The van der Waals surface area contributed by atoms with Gasteiger partial charge in [0, 0.05) is 31.9 Å². The first-order valence-corrected chi connectivity index (χ1v) is 9.03. The summed E-state index contributed by atoms with van der Waals surface area (Å²) in [5, 5.41) is 15.0. The first-order chi connectivity index (χ1) is 13.2. The molecular formula is C20H25N7. The summed E-state index contributed by atoms with van der Waals surface area (Å²) in [5.41, 5.74) is 2.22. The quantitative estimate of drug-likeness (QED) is 0.496. The first-order valence-electron chi connectivity index (χ1n) is 9.03. The maximum absolute atomic E-state index is 4.69. The molecule has 0 aliphatic rings. The fourth-order valence-electron chi connectivity index (χ4n) is 2.55. The topological polar surface area (TPSA) is 80.0 Å². The van der Waals surface area contributed by atoms with Crippen molar-refractivity contribution in [2.75, 3.05) is 6.54 Å². The van der Waals surface area contributed by atoms with E-state index in [-0.39, 0.29) is 0 Å². The van der Waals surface area contributed by atoms with Gasteiger partial charge in [-0.3, -0.25) is 4.98 Å². The number of rotatable bonds is 7. The number of aryl methyl sites for hydroxylation is 1. The van der Waals surface area contributed by atoms with Gasteiger partial charge in [-0.2, -0.15) is 0 Å². The number of guanidine groups is 1. The lowest BCUT2D eigenvalue weighted by atomic mass is 10.2. The van der Waals surface area contributed by atoms with Crippen LogP contribution in [0.1, 0.15) is 22.9 Å². The van der Waals surface area contributed by atoms with E-state index in [0.29, 0.717) is 13.1 Å². The second-order valence-electron chi connectivity index (χ2n) is 6.22. The summed E-state index contributed by atoms with van der Waals surface area (Å²) in [4.78, 5) is 9.05. The van der Waals surface area contributed by atoms with Crippen molar-refractivity contribution in [2.24, 2.45) is 12.0 Å². The molecule has 140 valence electrons. The second kappa shape index (κ2) is 9.47. The maximum atomic E-state index is 4.69. The maximum Gasteiger partial charge on any atom is 0.191 e. The van der Waals surface area contributed by atoms with Crippen LogP contribution in [-0.4, -0.2) is 32.3 Å². The van der Waals surface area contributed by atoms with Gasteiger partial charge in [-0.15, -0.1) is 10.2 Å². The van der Waals surface area contributed by atoms with Gasteiger partial charge >= 0.3 is 0 Å². The Labute approximate surface area is 159 Å². The van der Waals surface area contributed by atoms with Crippen molar-refractivity contribution in [3.05, 3.63) is 77.6 Å². The van der Waals surface area contributed by atoms with Crippen molar-refractivity contribution < 1.29 is 0 Å². The van der Waals surface area contributed by atoms with Crippen LogP contribution in [0.3, 0.4) is 0 Å². The number of nitrogens with one attached hydrogen (secondary N) is 2. The number of aromatic nitrogens is 4. The third kappa shape index (κ3) is 5.64. The molecule has 0 saturated heterocycles. The van der Waals surface area contributed by atoms with E-state index in [1.807, 2.05) is 61.1 Å². The molecular weight excluding hydrogens is 338 g/mol. The minimum Gasteiger partial charge on any atom is -0.356 e. The minimum absolute atomic E-state index is 0.557. The molecule has 7 heteroatoms. The molecule has 2 N–H and O–H groups in total. The Hall–Kier alpha value is -3.22. The van der Waals surface area contributed by atoms with Gasteiger partial charge in [0.15, 0.2) is 11.8 Å². The van der Waals surface area contributed by atoms with E-state index in [1.54, 1.807) is 0 Å². The van der Waals surface area contributed by atoms with E-state index in [0.717, 1.165) is 41.8 Å². The predicted octanol–water partition coefficient (Wildman–Crippen LogP) is 2.00. The van der Waals surface area contributed by atoms with Crippen LogP contribution in [0.15, 0.2) is 59.7 Å². The molecule has 1 aromatic carbocycles. The number of aliphatic imine (C=N–C) groups is 1. The molecule has 0 atom stereocenters. The van der Waals surface area contributed by atoms with E-state index in [9.17, 15) is 0 Å². The number of benzene rings is 1. The van der Waals surface area contributed by atoms with E-state index in [2.05, 4.69) is 37.9 Å². The highest BCUT2D eigenvalue weighted by Crippen LogP contribution is 2.01. The van der Waals surface area contributed by atoms with Crippen LogP contribution in [0.25, 0.3) is 0 Å². The third-order valence-electron chi connectivity index (χ3n) is 4.26. The molecule has 0 aliphatic heterocycles.